The number of aliphatic hydroxyl groups excluding tert-OH is 1. The van der Waals surface area contributed by atoms with Crippen LogP contribution in [0.4, 0.5) is 5.69 Å². The van der Waals surface area contributed by atoms with Gasteiger partial charge < -0.3 is 14.4 Å². The van der Waals surface area contributed by atoms with Gasteiger partial charge in [0, 0.05) is 37.3 Å². The first-order valence-electron chi connectivity index (χ1n) is 8.18. The van der Waals surface area contributed by atoms with Crippen LogP contribution in [0.5, 0.6) is 0 Å². The highest BCUT2D eigenvalue weighted by atomic mass is 16.6. The smallest absolute Gasteiger partial charge is 0.270 e. The quantitative estimate of drug-likeness (QED) is 0.646. The molecule has 1 N–H and O–H groups in total. The summed E-state index contributed by atoms with van der Waals surface area (Å²) in [5, 5.41) is 20.0. The number of hydrogen-bond donors (Lipinski definition) is 1. The Morgan fingerprint density at radius 3 is 2.88 bits per heavy atom. The van der Waals surface area contributed by atoms with Crippen molar-refractivity contribution in [2.24, 2.45) is 5.92 Å². The van der Waals surface area contributed by atoms with Crippen LogP contribution in [0.3, 0.4) is 0 Å². The summed E-state index contributed by atoms with van der Waals surface area (Å²) >= 11 is 0. The summed E-state index contributed by atoms with van der Waals surface area (Å²) in [6, 6.07) is 6.36. The van der Waals surface area contributed by atoms with Crippen LogP contribution in [0, 0.1) is 16.0 Å². The average Bonchev–Trinajstić information content (AvgIpc) is 3.09. The Morgan fingerprint density at radius 2 is 2.17 bits per heavy atom. The highest BCUT2D eigenvalue weighted by Gasteiger charge is 2.19. The first kappa shape index (κ1) is 16.6. The molecule has 24 heavy (non-hydrogen) atoms. The molecular formula is C17H21N3O4. The van der Waals surface area contributed by atoms with E-state index in [1.54, 1.807) is 18.3 Å². The molecule has 128 valence electrons. The molecule has 1 saturated heterocycles. The van der Waals surface area contributed by atoms with Gasteiger partial charge in [-0.1, -0.05) is 12.1 Å². The molecule has 3 rings (SSSR count). The van der Waals surface area contributed by atoms with Crippen molar-refractivity contribution < 1.29 is 14.4 Å². The first-order valence-corrected chi connectivity index (χ1v) is 8.18. The van der Waals surface area contributed by atoms with Crippen molar-refractivity contribution in [1.82, 2.24) is 9.88 Å². The average molecular weight is 331 g/mol. The number of aromatic nitrogens is 1. The summed E-state index contributed by atoms with van der Waals surface area (Å²) in [6.07, 6.45) is 4.38. The number of non-ortho nitro benzene ring substituents is 1. The second-order valence-electron chi connectivity index (χ2n) is 6.14. The summed E-state index contributed by atoms with van der Waals surface area (Å²) in [7, 11) is 0. The van der Waals surface area contributed by atoms with E-state index in [2.05, 4.69) is 9.88 Å². The van der Waals surface area contributed by atoms with Crippen LogP contribution in [0.2, 0.25) is 0 Å². The van der Waals surface area contributed by atoms with Crippen LogP contribution >= 0.6 is 0 Å². The zero-order chi connectivity index (χ0) is 16.9. The molecule has 1 aromatic heterocycles. The second kappa shape index (κ2) is 7.55. The summed E-state index contributed by atoms with van der Waals surface area (Å²) in [6.45, 7) is 3.13. The number of piperidine rings is 1. The SMILES string of the molecule is O=[N+]([O-])c1cccc(-c2cnc(CCN3CCC(CO)CC3)o2)c1. The van der Waals surface area contributed by atoms with Crippen LogP contribution in [-0.2, 0) is 6.42 Å². The molecule has 0 aliphatic carbocycles. The number of rotatable bonds is 6. The van der Waals surface area contributed by atoms with Gasteiger partial charge in [0.05, 0.1) is 11.1 Å². The van der Waals surface area contributed by atoms with E-state index in [1.807, 2.05) is 0 Å². The first-order chi connectivity index (χ1) is 11.7. The monoisotopic (exact) mass is 331 g/mol. The fraction of sp³-hybridized carbons (Fsp3) is 0.471. The van der Waals surface area contributed by atoms with Gasteiger partial charge in [0.25, 0.3) is 5.69 Å². The Kier molecular flexibility index (Phi) is 5.22. The van der Waals surface area contributed by atoms with Gasteiger partial charge in [0.1, 0.15) is 0 Å². The van der Waals surface area contributed by atoms with E-state index in [0.717, 1.165) is 32.5 Å². The van der Waals surface area contributed by atoms with Crippen molar-refractivity contribution in [2.75, 3.05) is 26.2 Å². The highest BCUT2D eigenvalue weighted by molar-refractivity contribution is 5.60. The molecule has 7 nitrogen and oxygen atoms in total. The largest absolute Gasteiger partial charge is 0.441 e. The molecular weight excluding hydrogens is 310 g/mol. The van der Waals surface area contributed by atoms with E-state index in [4.69, 9.17) is 9.52 Å². The normalized spacial score (nSPS) is 16.4. The molecule has 0 spiro atoms. The van der Waals surface area contributed by atoms with Crippen molar-refractivity contribution in [3.8, 4) is 11.3 Å². The molecule has 1 aliphatic heterocycles. The third-order valence-corrected chi connectivity index (χ3v) is 4.50. The van der Waals surface area contributed by atoms with Crippen molar-refractivity contribution in [1.29, 1.82) is 0 Å². The number of nitro groups is 1. The molecule has 1 aromatic carbocycles. The molecule has 1 fully saturated rings. The predicted octanol–water partition coefficient (Wildman–Crippen LogP) is 2.50. The molecule has 0 radical (unpaired) electrons. The van der Waals surface area contributed by atoms with Crippen LogP contribution in [0.15, 0.2) is 34.9 Å². The summed E-state index contributed by atoms with van der Waals surface area (Å²) in [4.78, 5) is 17.1. The Balaban J connectivity index is 1.58. The van der Waals surface area contributed by atoms with Gasteiger partial charge in [-0.15, -0.1) is 0 Å². The van der Waals surface area contributed by atoms with Gasteiger partial charge in [-0.25, -0.2) is 4.98 Å². The van der Waals surface area contributed by atoms with E-state index in [1.165, 1.54) is 12.1 Å². The lowest BCUT2D eigenvalue weighted by Gasteiger charge is -2.30. The van der Waals surface area contributed by atoms with Crippen LogP contribution in [0.25, 0.3) is 11.3 Å². The lowest BCUT2D eigenvalue weighted by atomic mass is 9.98. The number of nitrogens with zero attached hydrogens (tertiary/aromatic N) is 3. The molecule has 2 heterocycles. The summed E-state index contributed by atoms with van der Waals surface area (Å²) in [5.41, 5.74) is 0.698. The molecule has 7 heteroatoms. The third-order valence-electron chi connectivity index (χ3n) is 4.50. The zero-order valence-corrected chi connectivity index (χ0v) is 13.4. The molecule has 0 amide bonds. The number of likely N-dealkylation sites (tertiary alicyclic amines) is 1. The van der Waals surface area contributed by atoms with E-state index in [-0.39, 0.29) is 12.3 Å². The molecule has 1 aliphatic rings. The number of oxazole rings is 1. The lowest BCUT2D eigenvalue weighted by molar-refractivity contribution is -0.384. The number of hydrogen-bond acceptors (Lipinski definition) is 6. The number of aliphatic hydroxyl groups is 1. The maximum absolute atomic E-state index is 10.9. The summed E-state index contributed by atoms with van der Waals surface area (Å²) < 4.78 is 5.74. The van der Waals surface area contributed by atoms with Crippen LogP contribution in [0.1, 0.15) is 18.7 Å². The molecule has 0 bridgehead atoms. The Morgan fingerprint density at radius 1 is 1.38 bits per heavy atom. The lowest BCUT2D eigenvalue weighted by Crippen LogP contribution is -2.36. The minimum absolute atomic E-state index is 0.0391. The molecule has 0 unspecified atom stereocenters. The standard InChI is InChI=1S/C17H21N3O4/c21-12-13-4-7-19(8-5-13)9-6-17-18-11-16(24-17)14-2-1-3-15(10-14)20(22)23/h1-3,10-11,13,21H,4-9,12H2. The highest BCUT2D eigenvalue weighted by Crippen LogP contribution is 2.25. The van der Waals surface area contributed by atoms with Crippen molar-refractivity contribution in [3.63, 3.8) is 0 Å². The topological polar surface area (TPSA) is 92.6 Å². The Hall–Kier alpha value is -2.25. The van der Waals surface area contributed by atoms with E-state index < -0.39 is 4.92 Å². The van der Waals surface area contributed by atoms with Gasteiger partial charge in [0.15, 0.2) is 11.7 Å². The zero-order valence-electron chi connectivity index (χ0n) is 13.4. The van der Waals surface area contributed by atoms with Gasteiger partial charge in [-0.2, -0.15) is 0 Å². The van der Waals surface area contributed by atoms with E-state index >= 15 is 0 Å². The molecule has 0 saturated carbocycles. The van der Waals surface area contributed by atoms with Crippen molar-refractivity contribution in [3.05, 3.63) is 46.5 Å². The predicted molar refractivity (Wildman–Crippen MR) is 88.5 cm³/mol. The van der Waals surface area contributed by atoms with Crippen LogP contribution in [-0.4, -0.2) is 46.2 Å². The van der Waals surface area contributed by atoms with Crippen molar-refractivity contribution in [2.45, 2.75) is 19.3 Å². The van der Waals surface area contributed by atoms with Gasteiger partial charge in [-0.3, -0.25) is 10.1 Å². The molecule has 0 atom stereocenters. The van der Waals surface area contributed by atoms with Crippen molar-refractivity contribution >= 4 is 5.69 Å². The Labute approximate surface area is 140 Å². The van der Waals surface area contributed by atoms with Gasteiger partial charge in [0.2, 0.25) is 0 Å². The van der Waals surface area contributed by atoms with Gasteiger partial charge >= 0.3 is 0 Å². The maximum atomic E-state index is 10.9. The van der Waals surface area contributed by atoms with E-state index in [0.29, 0.717) is 29.6 Å². The van der Waals surface area contributed by atoms with Gasteiger partial charge in [-0.05, 0) is 31.8 Å². The number of nitro benzene ring substituents is 1. The van der Waals surface area contributed by atoms with Crippen LogP contribution < -0.4 is 0 Å². The number of benzene rings is 1. The minimum atomic E-state index is -0.420. The Bertz CT molecular complexity index is 693. The summed E-state index contributed by atoms with van der Waals surface area (Å²) in [5.74, 6) is 1.62. The fourth-order valence-electron chi connectivity index (χ4n) is 2.98. The van der Waals surface area contributed by atoms with E-state index in [9.17, 15) is 10.1 Å². The fourth-order valence-corrected chi connectivity index (χ4v) is 2.98. The maximum Gasteiger partial charge on any atom is 0.270 e. The second-order valence-corrected chi connectivity index (χ2v) is 6.14. The molecule has 2 aromatic rings. The minimum Gasteiger partial charge on any atom is -0.441 e. The third kappa shape index (κ3) is 3.98.